The molecular formula is C20H20N6O2S. The van der Waals surface area contributed by atoms with E-state index in [1.807, 2.05) is 54.1 Å². The highest BCUT2D eigenvalue weighted by molar-refractivity contribution is 7.99. The molecule has 0 radical (unpaired) electrons. The Labute approximate surface area is 171 Å². The maximum atomic E-state index is 12.3. The molecule has 0 saturated heterocycles. The fourth-order valence-corrected chi connectivity index (χ4v) is 3.60. The Hall–Kier alpha value is -3.20. The number of carbonyl (C=O) groups excluding carboxylic acids is 1. The van der Waals surface area contributed by atoms with Gasteiger partial charge in [0.15, 0.2) is 11.0 Å². The molecule has 0 atom stereocenters. The predicted octanol–water partition coefficient (Wildman–Crippen LogP) is 3.87. The summed E-state index contributed by atoms with van der Waals surface area (Å²) < 4.78 is 6.58. The Morgan fingerprint density at radius 1 is 1.10 bits per heavy atom. The van der Waals surface area contributed by atoms with E-state index in [1.54, 1.807) is 0 Å². The van der Waals surface area contributed by atoms with Crippen molar-refractivity contribution < 1.29 is 9.42 Å². The van der Waals surface area contributed by atoms with Gasteiger partial charge in [0.2, 0.25) is 5.91 Å². The summed E-state index contributed by atoms with van der Waals surface area (Å²) in [5.41, 5.74) is 4.22. The molecule has 2 aromatic carbocycles. The Kier molecular flexibility index (Phi) is 5.30. The van der Waals surface area contributed by atoms with Crippen LogP contribution in [0, 0.1) is 0 Å². The van der Waals surface area contributed by atoms with Gasteiger partial charge in [0, 0.05) is 18.3 Å². The molecule has 0 aliphatic heterocycles. The largest absolute Gasteiger partial charge is 0.325 e. The van der Waals surface area contributed by atoms with Crippen LogP contribution in [0.5, 0.6) is 0 Å². The standard InChI is InChI=1S/C20H20N6O2S/c1-12(2)13-4-7-15(8-5-13)21-18(27)11-29-20-23-22-19(26(20)3)14-6-9-16-17(10-14)25-28-24-16/h4-10,12H,11H2,1-3H3,(H,21,27). The van der Waals surface area contributed by atoms with Gasteiger partial charge in [-0.05, 0) is 52.1 Å². The van der Waals surface area contributed by atoms with E-state index in [2.05, 4.69) is 39.7 Å². The number of nitrogens with zero attached hydrogens (tertiary/aromatic N) is 5. The number of rotatable bonds is 6. The highest BCUT2D eigenvalue weighted by Gasteiger charge is 2.14. The minimum atomic E-state index is -0.0908. The molecule has 8 nitrogen and oxygen atoms in total. The third-order valence-electron chi connectivity index (χ3n) is 4.54. The second kappa shape index (κ2) is 8.04. The highest BCUT2D eigenvalue weighted by atomic mass is 32.2. The van der Waals surface area contributed by atoms with Gasteiger partial charge in [-0.2, -0.15) is 0 Å². The summed E-state index contributed by atoms with van der Waals surface area (Å²) in [6.45, 7) is 4.28. The Morgan fingerprint density at radius 2 is 1.86 bits per heavy atom. The number of amides is 1. The van der Waals surface area contributed by atoms with Crippen LogP contribution in [0.2, 0.25) is 0 Å². The number of hydrogen-bond donors (Lipinski definition) is 1. The molecule has 0 spiro atoms. The fourth-order valence-electron chi connectivity index (χ4n) is 2.89. The summed E-state index contributed by atoms with van der Waals surface area (Å²) >= 11 is 1.33. The van der Waals surface area contributed by atoms with E-state index in [1.165, 1.54) is 17.3 Å². The minimum absolute atomic E-state index is 0.0908. The summed E-state index contributed by atoms with van der Waals surface area (Å²) in [6, 6.07) is 13.5. The number of anilines is 1. The van der Waals surface area contributed by atoms with Crippen molar-refractivity contribution in [2.24, 2.45) is 7.05 Å². The van der Waals surface area contributed by atoms with E-state index in [0.29, 0.717) is 27.9 Å². The Balaban J connectivity index is 1.40. The van der Waals surface area contributed by atoms with E-state index in [4.69, 9.17) is 4.63 Å². The molecular weight excluding hydrogens is 388 g/mol. The molecule has 1 amide bonds. The van der Waals surface area contributed by atoms with Crippen LogP contribution in [0.1, 0.15) is 25.3 Å². The molecule has 4 aromatic rings. The maximum absolute atomic E-state index is 12.3. The first-order valence-electron chi connectivity index (χ1n) is 9.16. The van der Waals surface area contributed by atoms with Crippen molar-refractivity contribution >= 4 is 34.4 Å². The van der Waals surface area contributed by atoms with E-state index >= 15 is 0 Å². The van der Waals surface area contributed by atoms with Gasteiger partial charge in [0.1, 0.15) is 11.0 Å². The van der Waals surface area contributed by atoms with Crippen LogP contribution in [0.3, 0.4) is 0 Å². The maximum Gasteiger partial charge on any atom is 0.234 e. The zero-order valence-corrected chi connectivity index (χ0v) is 17.1. The normalized spacial score (nSPS) is 11.3. The van der Waals surface area contributed by atoms with Crippen molar-refractivity contribution in [1.29, 1.82) is 0 Å². The number of thioether (sulfide) groups is 1. The molecule has 0 aliphatic carbocycles. The number of aromatic nitrogens is 5. The number of benzene rings is 2. The van der Waals surface area contributed by atoms with Gasteiger partial charge in [-0.15, -0.1) is 10.2 Å². The van der Waals surface area contributed by atoms with Crippen LogP contribution in [-0.2, 0) is 11.8 Å². The lowest BCUT2D eigenvalue weighted by Crippen LogP contribution is -2.14. The molecule has 1 N–H and O–H groups in total. The lowest BCUT2D eigenvalue weighted by molar-refractivity contribution is -0.113. The van der Waals surface area contributed by atoms with Crippen molar-refractivity contribution in [2.75, 3.05) is 11.1 Å². The second-order valence-electron chi connectivity index (χ2n) is 6.95. The first kappa shape index (κ1) is 19.1. The third kappa shape index (κ3) is 4.14. The van der Waals surface area contributed by atoms with Gasteiger partial charge >= 0.3 is 0 Å². The average molecular weight is 408 g/mol. The SMILES string of the molecule is CC(C)c1ccc(NC(=O)CSc2nnc(-c3ccc4nonc4c3)n2C)cc1. The molecule has 0 bridgehead atoms. The Morgan fingerprint density at radius 3 is 2.62 bits per heavy atom. The van der Waals surface area contributed by atoms with E-state index < -0.39 is 0 Å². The van der Waals surface area contributed by atoms with Gasteiger partial charge in [-0.25, -0.2) is 4.63 Å². The van der Waals surface area contributed by atoms with Crippen LogP contribution < -0.4 is 5.32 Å². The molecule has 0 fully saturated rings. The molecule has 2 heterocycles. The van der Waals surface area contributed by atoms with E-state index in [9.17, 15) is 4.79 Å². The fraction of sp³-hybridized carbons (Fsp3) is 0.250. The van der Waals surface area contributed by atoms with E-state index in [0.717, 1.165) is 11.3 Å². The van der Waals surface area contributed by atoms with Crippen molar-refractivity contribution in [3.63, 3.8) is 0 Å². The molecule has 29 heavy (non-hydrogen) atoms. The summed E-state index contributed by atoms with van der Waals surface area (Å²) in [4.78, 5) is 12.3. The third-order valence-corrected chi connectivity index (χ3v) is 5.56. The molecule has 0 saturated carbocycles. The number of carbonyl (C=O) groups is 1. The van der Waals surface area contributed by atoms with Crippen LogP contribution in [0.25, 0.3) is 22.4 Å². The van der Waals surface area contributed by atoms with E-state index in [-0.39, 0.29) is 11.7 Å². The van der Waals surface area contributed by atoms with Gasteiger partial charge < -0.3 is 9.88 Å². The van der Waals surface area contributed by atoms with Crippen molar-refractivity contribution in [1.82, 2.24) is 25.1 Å². The first-order chi connectivity index (χ1) is 14.0. The molecule has 0 aliphatic rings. The summed E-state index contributed by atoms with van der Waals surface area (Å²) in [5, 5.41) is 19.7. The van der Waals surface area contributed by atoms with Gasteiger partial charge in [0.25, 0.3) is 0 Å². The topological polar surface area (TPSA) is 98.7 Å². The monoisotopic (exact) mass is 408 g/mol. The highest BCUT2D eigenvalue weighted by Crippen LogP contribution is 2.25. The average Bonchev–Trinajstić information content (AvgIpc) is 3.32. The number of nitrogens with one attached hydrogen (secondary N) is 1. The van der Waals surface area contributed by atoms with Crippen molar-refractivity contribution in [3.05, 3.63) is 48.0 Å². The predicted molar refractivity (Wildman–Crippen MR) is 112 cm³/mol. The van der Waals surface area contributed by atoms with Gasteiger partial charge in [0.05, 0.1) is 5.75 Å². The number of hydrogen-bond acceptors (Lipinski definition) is 7. The second-order valence-corrected chi connectivity index (χ2v) is 7.89. The van der Waals surface area contributed by atoms with Crippen molar-refractivity contribution in [3.8, 4) is 11.4 Å². The van der Waals surface area contributed by atoms with Gasteiger partial charge in [-0.3, -0.25) is 4.79 Å². The minimum Gasteiger partial charge on any atom is -0.325 e. The molecule has 2 aromatic heterocycles. The molecule has 4 rings (SSSR count). The lowest BCUT2D eigenvalue weighted by atomic mass is 10.0. The molecule has 9 heteroatoms. The van der Waals surface area contributed by atoms with Crippen LogP contribution in [0.15, 0.2) is 52.3 Å². The van der Waals surface area contributed by atoms with Crippen molar-refractivity contribution in [2.45, 2.75) is 24.9 Å². The number of fused-ring (bicyclic) bond motifs is 1. The summed E-state index contributed by atoms with van der Waals surface area (Å²) in [6.07, 6.45) is 0. The summed E-state index contributed by atoms with van der Waals surface area (Å²) in [5.74, 6) is 1.29. The van der Waals surface area contributed by atoms with Crippen LogP contribution >= 0.6 is 11.8 Å². The summed E-state index contributed by atoms with van der Waals surface area (Å²) in [7, 11) is 1.87. The smallest absolute Gasteiger partial charge is 0.234 e. The van der Waals surface area contributed by atoms with Gasteiger partial charge in [-0.1, -0.05) is 37.7 Å². The first-order valence-corrected chi connectivity index (χ1v) is 10.1. The van der Waals surface area contributed by atoms with Crippen LogP contribution in [0.4, 0.5) is 5.69 Å². The Bertz CT molecular complexity index is 1150. The molecule has 0 unspecified atom stereocenters. The van der Waals surface area contributed by atoms with Crippen LogP contribution in [-0.4, -0.2) is 36.7 Å². The lowest BCUT2D eigenvalue weighted by Gasteiger charge is -2.08. The quantitative estimate of drug-likeness (QED) is 0.484. The zero-order valence-electron chi connectivity index (χ0n) is 16.3. The molecule has 148 valence electrons. The zero-order chi connectivity index (χ0) is 20.4.